The molecule has 42 heavy (non-hydrogen) atoms. The van der Waals surface area contributed by atoms with Crippen molar-refractivity contribution in [3.05, 3.63) is 89.4 Å². The molecule has 0 radical (unpaired) electrons. The number of hydrogen-bond acceptors (Lipinski definition) is 7. The Morgan fingerprint density at radius 2 is 2.07 bits per heavy atom. The molecule has 0 bridgehead atoms. The second kappa shape index (κ2) is 13.1. The number of nitriles is 1. The van der Waals surface area contributed by atoms with Crippen molar-refractivity contribution < 1.29 is 14.3 Å². The lowest BCUT2D eigenvalue weighted by Gasteiger charge is -2.16. The van der Waals surface area contributed by atoms with Gasteiger partial charge in [0.2, 0.25) is 5.91 Å². The maximum Gasteiger partial charge on any atom is 0.255 e. The number of allylic oxidation sites excluding steroid dienone is 1. The van der Waals surface area contributed by atoms with Crippen molar-refractivity contribution in [3.63, 3.8) is 0 Å². The summed E-state index contributed by atoms with van der Waals surface area (Å²) in [6, 6.07) is 16.6. The topological polar surface area (TPSA) is 134 Å². The van der Waals surface area contributed by atoms with E-state index < -0.39 is 5.41 Å². The molecule has 4 rings (SSSR count). The highest BCUT2D eigenvalue weighted by atomic mass is 16.5. The quantitative estimate of drug-likeness (QED) is 0.335. The Morgan fingerprint density at radius 1 is 1.26 bits per heavy atom. The van der Waals surface area contributed by atoms with E-state index in [1.54, 1.807) is 55.9 Å². The van der Waals surface area contributed by atoms with Gasteiger partial charge in [0.1, 0.15) is 5.75 Å². The van der Waals surface area contributed by atoms with Gasteiger partial charge in [-0.2, -0.15) is 5.26 Å². The first-order valence-electron chi connectivity index (χ1n) is 13.8. The molecule has 9 nitrogen and oxygen atoms in total. The van der Waals surface area contributed by atoms with Crippen molar-refractivity contribution in [2.45, 2.75) is 39.5 Å². The molecule has 1 aliphatic heterocycles. The van der Waals surface area contributed by atoms with Crippen LogP contribution < -0.4 is 15.8 Å². The first-order valence-corrected chi connectivity index (χ1v) is 13.8. The van der Waals surface area contributed by atoms with E-state index in [1.165, 1.54) is 6.20 Å². The number of aliphatic imine (C=N–C) groups is 1. The summed E-state index contributed by atoms with van der Waals surface area (Å²) >= 11 is 0. The maximum absolute atomic E-state index is 13.0. The summed E-state index contributed by atoms with van der Waals surface area (Å²) in [7, 11) is 0. The average Bonchev–Trinajstić information content (AvgIpc) is 3.48. The summed E-state index contributed by atoms with van der Waals surface area (Å²) in [5.41, 5.74) is 10.0. The minimum atomic E-state index is -0.706. The standard InChI is InChI=1S/C33H36N6O3/c1-22-8-9-28(38-32(41)25-6-5-7-27(14-25)33(3,4)21-35)15-30(22)37-17-26(16-34)29-18-36-12-10-31(29)42-20-24-11-13-39(19-24)23(2)40/h5-10,12,14-18,24H,11,13,19-20,34H2,1-4H3,(H,38,41). The number of anilines is 1. The monoisotopic (exact) mass is 564 g/mol. The molecule has 0 spiro atoms. The molecule has 2 aromatic carbocycles. The Labute approximate surface area is 246 Å². The molecule has 0 aliphatic carbocycles. The van der Waals surface area contributed by atoms with Crippen molar-refractivity contribution in [3.8, 4) is 11.8 Å². The van der Waals surface area contributed by atoms with Crippen LogP contribution in [0.3, 0.4) is 0 Å². The lowest BCUT2D eigenvalue weighted by Crippen LogP contribution is -2.27. The lowest BCUT2D eigenvalue weighted by molar-refractivity contribution is -0.127. The third-order valence-electron chi connectivity index (χ3n) is 7.41. The molecular weight excluding hydrogens is 528 g/mol. The van der Waals surface area contributed by atoms with E-state index in [0.717, 1.165) is 24.1 Å². The fourth-order valence-corrected chi connectivity index (χ4v) is 4.67. The van der Waals surface area contributed by atoms with Gasteiger partial charge in [-0.3, -0.25) is 19.6 Å². The molecule has 2 amide bonds. The minimum Gasteiger partial charge on any atom is -0.492 e. The molecule has 1 saturated heterocycles. The number of likely N-dealkylation sites (tertiary alicyclic amines) is 1. The van der Waals surface area contributed by atoms with Crippen molar-refractivity contribution in [2.24, 2.45) is 16.6 Å². The van der Waals surface area contributed by atoms with Crippen LogP contribution in [0, 0.1) is 24.2 Å². The predicted octanol–water partition coefficient (Wildman–Crippen LogP) is 5.39. The number of ether oxygens (including phenoxy) is 1. The highest BCUT2D eigenvalue weighted by Gasteiger charge is 2.25. The Kier molecular flexibility index (Phi) is 9.38. The number of carbonyl (C=O) groups excluding carboxylic acids is 2. The van der Waals surface area contributed by atoms with Crippen LogP contribution in [-0.2, 0) is 10.2 Å². The Morgan fingerprint density at radius 3 is 2.79 bits per heavy atom. The van der Waals surface area contributed by atoms with Gasteiger partial charge in [-0.1, -0.05) is 18.2 Å². The number of rotatable bonds is 9. The number of carbonyl (C=O) groups is 2. The Bertz CT molecular complexity index is 1570. The summed E-state index contributed by atoms with van der Waals surface area (Å²) in [6.07, 6.45) is 7.35. The molecule has 0 saturated carbocycles. The van der Waals surface area contributed by atoms with Gasteiger partial charge in [-0.05, 0) is 68.7 Å². The van der Waals surface area contributed by atoms with Gasteiger partial charge >= 0.3 is 0 Å². The van der Waals surface area contributed by atoms with Crippen molar-refractivity contribution >= 4 is 35.0 Å². The Balaban J connectivity index is 1.48. The molecule has 1 atom stereocenters. The van der Waals surface area contributed by atoms with Crippen LogP contribution in [0.1, 0.15) is 54.2 Å². The van der Waals surface area contributed by atoms with Gasteiger partial charge in [0, 0.05) is 73.1 Å². The van der Waals surface area contributed by atoms with Crippen molar-refractivity contribution in [2.75, 3.05) is 25.0 Å². The number of amides is 2. The summed E-state index contributed by atoms with van der Waals surface area (Å²) in [6.45, 7) is 9.07. The second-order valence-electron chi connectivity index (χ2n) is 11.0. The number of nitrogens with zero attached hydrogens (tertiary/aromatic N) is 4. The average molecular weight is 565 g/mol. The van der Waals surface area contributed by atoms with Crippen LogP contribution in [-0.4, -0.2) is 47.6 Å². The van der Waals surface area contributed by atoms with E-state index in [9.17, 15) is 14.9 Å². The summed E-state index contributed by atoms with van der Waals surface area (Å²) < 4.78 is 6.15. The van der Waals surface area contributed by atoms with Gasteiger partial charge in [0.05, 0.1) is 23.8 Å². The highest BCUT2D eigenvalue weighted by molar-refractivity contribution is 6.11. The largest absolute Gasteiger partial charge is 0.492 e. The van der Waals surface area contributed by atoms with Crippen LogP contribution in [0.15, 0.2) is 72.1 Å². The zero-order chi connectivity index (χ0) is 30.3. The molecule has 216 valence electrons. The zero-order valence-corrected chi connectivity index (χ0v) is 24.4. The minimum absolute atomic E-state index is 0.0828. The molecule has 1 unspecified atom stereocenters. The van der Waals surface area contributed by atoms with Crippen molar-refractivity contribution in [1.29, 1.82) is 5.26 Å². The van der Waals surface area contributed by atoms with Gasteiger partial charge < -0.3 is 20.7 Å². The van der Waals surface area contributed by atoms with Crippen LogP contribution in [0.5, 0.6) is 5.75 Å². The highest BCUT2D eigenvalue weighted by Crippen LogP contribution is 2.29. The number of nitrogens with one attached hydrogen (secondary N) is 1. The number of aromatic nitrogens is 1. The smallest absolute Gasteiger partial charge is 0.255 e. The SMILES string of the molecule is CC(=O)N1CCC(COc2ccncc2C(C=Nc2cc(NC(=O)c3cccc(C(C)(C)C#N)c3)ccc2C)=CN)C1. The first kappa shape index (κ1) is 30.0. The maximum atomic E-state index is 13.0. The molecule has 1 aromatic heterocycles. The number of nitrogens with two attached hydrogens (primary N) is 1. The van der Waals surface area contributed by atoms with E-state index in [-0.39, 0.29) is 17.7 Å². The predicted molar refractivity (Wildman–Crippen MR) is 165 cm³/mol. The van der Waals surface area contributed by atoms with Crippen LogP contribution in [0.25, 0.3) is 5.57 Å². The zero-order valence-electron chi connectivity index (χ0n) is 24.4. The van der Waals surface area contributed by atoms with Gasteiger partial charge in [-0.15, -0.1) is 0 Å². The summed E-state index contributed by atoms with van der Waals surface area (Å²) in [5.74, 6) is 0.695. The Hall–Kier alpha value is -4.97. The van der Waals surface area contributed by atoms with E-state index in [2.05, 4.69) is 21.4 Å². The number of pyridine rings is 1. The van der Waals surface area contributed by atoms with E-state index >= 15 is 0 Å². The molecule has 2 heterocycles. The van der Waals surface area contributed by atoms with Gasteiger partial charge in [0.15, 0.2) is 0 Å². The fourth-order valence-electron chi connectivity index (χ4n) is 4.67. The fraction of sp³-hybridized carbons (Fsp3) is 0.303. The van der Waals surface area contributed by atoms with E-state index in [1.807, 2.05) is 43.9 Å². The molecule has 1 fully saturated rings. The lowest BCUT2D eigenvalue weighted by atomic mass is 9.85. The van der Waals surface area contributed by atoms with Crippen LogP contribution in [0.4, 0.5) is 11.4 Å². The van der Waals surface area contributed by atoms with Crippen LogP contribution >= 0.6 is 0 Å². The van der Waals surface area contributed by atoms with E-state index in [0.29, 0.717) is 47.0 Å². The van der Waals surface area contributed by atoms with Crippen molar-refractivity contribution in [1.82, 2.24) is 9.88 Å². The number of hydrogen-bond donors (Lipinski definition) is 2. The molecule has 3 aromatic rings. The first-order chi connectivity index (χ1) is 20.1. The normalized spacial score (nSPS) is 15.5. The number of aryl methyl sites for hydroxylation is 1. The van der Waals surface area contributed by atoms with Crippen LogP contribution in [0.2, 0.25) is 0 Å². The molecule has 3 N–H and O–H groups in total. The molecular formula is C33H36N6O3. The summed E-state index contributed by atoms with van der Waals surface area (Å²) in [4.78, 5) is 35.4. The number of benzene rings is 2. The third-order valence-corrected chi connectivity index (χ3v) is 7.41. The molecule has 9 heteroatoms. The van der Waals surface area contributed by atoms with Gasteiger partial charge in [0.25, 0.3) is 5.91 Å². The van der Waals surface area contributed by atoms with Gasteiger partial charge in [-0.25, -0.2) is 0 Å². The van der Waals surface area contributed by atoms with E-state index in [4.69, 9.17) is 10.5 Å². The molecule has 1 aliphatic rings. The third kappa shape index (κ3) is 7.21. The summed E-state index contributed by atoms with van der Waals surface area (Å²) in [5, 5.41) is 12.4. The second-order valence-corrected chi connectivity index (χ2v) is 11.0.